The van der Waals surface area contributed by atoms with Crippen LogP contribution >= 0.6 is 0 Å². The summed E-state index contributed by atoms with van der Waals surface area (Å²) in [6.45, 7) is 15.4. The Morgan fingerprint density at radius 2 is 1.94 bits per heavy atom. The molecule has 1 aliphatic rings. The topological polar surface area (TPSA) is 26.3 Å². The van der Waals surface area contributed by atoms with Crippen LogP contribution in [0.1, 0.15) is 47.5 Å². The standard InChI is InChI=1S/C15H28O2Si/c1-8-9-12-13(16)10-11(2)14(12)17-18(6,7)15(3,4)5/h9,11,14H,8,10H2,1-7H3/b12-9-. The van der Waals surface area contributed by atoms with Crippen LogP contribution in [-0.2, 0) is 9.22 Å². The van der Waals surface area contributed by atoms with E-state index in [1.807, 2.05) is 0 Å². The Morgan fingerprint density at radius 3 is 2.39 bits per heavy atom. The lowest BCUT2D eigenvalue weighted by Crippen LogP contribution is -2.45. The van der Waals surface area contributed by atoms with E-state index in [1.165, 1.54) is 0 Å². The number of hydrogen-bond acceptors (Lipinski definition) is 2. The molecule has 1 fully saturated rings. The van der Waals surface area contributed by atoms with Gasteiger partial charge in [0.1, 0.15) is 0 Å². The van der Waals surface area contributed by atoms with Crippen molar-refractivity contribution in [3.8, 4) is 0 Å². The van der Waals surface area contributed by atoms with Crippen LogP contribution in [0.15, 0.2) is 11.6 Å². The zero-order chi connectivity index (χ0) is 14.1. The lowest BCUT2D eigenvalue weighted by molar-refractivity contribution is -0.114. The van der Waals surface area contributed by atoms with Gasteiger partial charge in [0, 0.05) is 12.0 Å². The van der Waals surface area contributed by atoms with Crippen molar-refractivity contribution in [2.45, 2.75) is 71.7 Å². The highest BCUT2D eigenvalue weighted by molar-refractivity contribution is 6.74. The van der Waals surface area contributed by atoms with Gasteiger partial charge in [0.25, 0.3) is 0 Å². The number of allylic oxidation sites excluding steroid dienone is 1. The minimum absolute atomic E-state index is 0.0262. The van der Waals surface area contributed by atoms with Crippen LogP contribution in [0.4, 0.5) is 0 Å². The molecule has 0 bridgehead atoms. The first-order valence-electron chi connectivity index (χ1n) is 7.01. The van der Waals surface area contributed by atoms with Crippen molar-refractivity contribution >= 4 is 14.1 Å². The molecule has 0 N–H and O–H groups in total. The Morgan fingerprint density at radius 1 is 1.39 bits per heavy atom. The van der Waals surface area contributed by atoms with Crippen LogP contribution in [0.3, 0.4) is 0 Å². The summed E-state index contributed by atoms with van der Waals surface area (Å²) >= 11 is 0. The molecule has 0 heterocycles. The van der Waals surface area contributed by atoms with Crippen LogP contribution in [0.5, 0.6) is 0 Å². The van der Waals surface area contributed by atoms with E-state index in [-0.39, 0.29) is 16.9 Å². The van der Waals surface area contributed by atoms with Crippen molar-refractivity contribution < 1.29 is 9.22 Å². The van der Waals surface area contributed by atoms with Gasteiger partial charge in [0.15, 0.2) is 14.1 Å². The van der Waals surface area contributed by atoms with Crippen LogP contribution < -0.4 is 0 Å². The summed E-state index contributed by atoms with van der Waals surface area (Å²) in [5.74, 6) is 0.609. The predicted octanol–water partition coefficient (Wildman–Crippen LogP) is 4.32. The van der Waals surface area contributed by atoms with Gasteiger partial charge in [-0.2, -0.15) is 0 Å². The molecule has 1 aliphatic carbocycles. The number of hydrogen-bond donors (Lipinski definition) is 0. The lowest BCUT2D eigenvalue weighted by atomic mass is 10.1. The molecule has 2 nitrogen and oxygen atoms in total. The highest BCUT2D eigenvalue weighted by Gasteiger charge is 2.44. The van der Waals surface area contributed by atoms with Gasteiger partial charge in [0.05, 0.1) is 6.10 Å². The summed E-state index contributed by atoms with van der Waals surface area (Å²) in [6, 6.07) is 0. The normalized spacial score (nSPS) is 28.2. The Hall–Kier alpha value is -0.413. The fourth-order valence-electron chi connectivity index (χ4n) is 2.11. The van der Waals surface area contributed by atoms with Crippen molar-refractivity contribution in [3.05, 3.63) is 11.6 Å². The maximum absolute atomic E-state index is 12.0. The van der Waals surface area contributed by atoms with Crippen LogP contribution in [-0.4, -0.2) is 20.2 Å². The molecule has 3 heteroatoms. The van der Waals surface area contributed by atoms with Crippen LogP contribution in [0, 0.1) is 5.92 Å². The van der Waals surface area contributed by atoms with E-state index in [1.54, 1.807) is 0 Å². The number of ketones is 1. The molecule has 18 heavy (non-hydrogen) atoms. The highest BCUT2D eigenvalue weighted by Crippen LogP contribution is 2.41. The molecule has 1 saturated carbocycles. The molecule has 2 atom stereocenters. The maximum atomic E-state index is 12.0. The minimum atomic E-state index is -1.81. The molecule has 0 saturated heterocycles. The van der Waals surface area contributed by atoms with Crippen molar-refractivity contribution in [3.63, 3.8) is 0 Å². The van der Waals surface area contributed by atoms with Crippen molar-refractivity contribution in [2.24, 2.45) is 5.92 Å². The molecular weight excluding hydrogens is 240 g/mol. The van der Waals surface area contributed by atoms with Crippen molar-refractivity contribution in [1.29, 1.82) is 0 Å². The first-order chi connectivity index (χ1) is 8.10. The van der Waals surface area contributed by atoms with Crippen molar-refractivity contribution in [2.75, 3.05) is 0 Å². The van der Waals surface area contributed by atoms with E-state index >= 15 is 0 Å². The first-order valence-corrected chi connectivity index (χ1v) is 9.92. The Kier molecular flexibility index (Phi) is 4.60. The quantitative estimate of drug-likeness (QED) is 0.563. The number of rotatable bonds is 3. The van der Waals surface area contributed by atoms with Gasteiger partial charge in [-0.15, -0.1) is 0 Å². The monoisotopic (exact) mass is 268 g/mol. The second kappa shape index (κ2) is 5.30. The Balaban J connectivity index is 2.95. The third kappa shape index (κ3) is 3.12. The molecule has 0 amide bonds. The summed E-state index contributed by atoms with van der Waals surface area (Å²) in [4.78, 5) is 12.0. The molecule has 1 rings (SSSR count). The second-order valence-corrected chi connectivity index (χ2v) is 11.7. The summed E-state index contributed by atoms with van der Waals surface area (Å²) in [6.07, 6.45) is 3.64. The zero-order valence-electron chi connectivity index (χ0n) is 13.0. The summed E-state index contributed by atoms with van der Waals surface area (Å²) in [7, 11) is -1.81. The van der Waals surface area contributed by atoms with E-state index in [2.05, 4.69) is 53.8 Å². The van der Waals surface area contributed by atoms with Crippen LogP contribution in [0.2, 0.25) is 18.1 Å². The maximum Gasteiger partial charge on any atom is 0.192 e. The summed E-state index contributed by atoms with van der Waals surface area (Å²) < 4.78 is 6.46. The molecule has 104 valence electrons. The minimum Gasteiger partial charge on any atom is -0.410 e. The molecule has 0 aliphatic heterocycles. The zero-order valence-corrected chi connectivity index (χ0v) is 14.0. The average Bonchev–Trinajstić information content (AvgIpc) is 2.43. The Bertz CT molecular complexity index is 350. The summed E-state index contributed by atoms with van der Waals surface area (Å²) in [5.41, 5.74) is 0.926. The number of carbonyl (C=O) groups is 1. The van der Waals surface area contributed by atoms with Crippen LogP contribution in [0.25, 0.3) is 0 Å². The van der Waals surface area contributed by atoms with Gasteiger partial charge in [-0.25, -0.2) is 0 Å². The van der Waals surface area contributed by atoms with Gasteiger partial charge in [-0.05, 0) is 30.5 Å². The van der Waals surface area contributed by atoms with Gasteiger partial charge in [-0.1, -0.05) is 40.7 Å². The molecule has 0 spiro atoms. The van der Waals surface area contributed by atoms with Gasteiger partial charge in [0.2, 0.25) is 0 Å². The molecule has 0 aromatic carbocycles. The first kappa shape index (κ1) is 15.6. The third-order valence-corrected chi connectivity index (χ3v) is 8.76. The van der Waals surface area contributed by atoms with E-state index in [0.717, 1.165) is 12.0 Å². The lowest BCUT2D eigenvalue weighted by Gasteiger charge is -2.39. The third-order valence-electron chi connectivity index (χ3n) is 4.30. The number of carbonyl (C=O) groups excluding carboxylic acids is 1. The van der Waals surface area contributed by atoms with E-state index in [0.29, 0.717) is 12.3 Å². The molecule has 0 radical (unpaired) electrons. The largest absolute Gasteiger partial charge is 0.410 e. The van der Waals surface area contributed by atoms with E-state index < -0.39 is 8.32 Å². The molecule has 0 aromatic rings. The molecular formula is C15H28O2Si. The van der Waals surface area contributed by atoms with Crippen molar-refractivity contribution in [1.82, 2.24) is 0 Å². The van der Waals surface area contributed by atoms with E-state index in [4.69, 9.17) is 4.43 Å². The number of Topliss-reactive ketones (excluding diaryl/α,β-unsaturated/α-hetero) is 1. The molecule has 2 unspecified atom stereocenters. The van der Waals surface area contributed by atoms with E-state index in [9.17, 15) is 4.79 Å². The average molecular weight is 268 g/mol. The fraction of sp³-hybridized carbons (Fsp3) is 0.800. The van der Waals surface area contributed by atoms with Gasteiger partial charge >= 0.3 is 0 Å². The predicted molar refractivity (Wildman–Crippen MR) is 79.2 cm³/mol. The van der Waals surface area contributed by atoms with Gasteiger partial charge in [-0.3, -0.25) is 4.79 Å². The Labute approximate surface area is 113 Å². The van der Waals surface area contributed by atoms with Gasteiger partial charge < -0.3 is 4.43 Å². The highest BCUT2D eigenvalue weighted by atomic mass is 28.4. The smallest absolute Gasteiger partial charge is 0.192 e. The fourth-order valence-corrected chi connectivity index (χ4v) is 3.45. The second-order valence-electron chi connectivity index (χ2n) is 6.97. The molecule has 0 aromatic heterocycles. The summed E-state index contributed by atoms with van der Waals surface area (Å²) in [5, 5.41) is 0.190. The SMILES string of the molecule is CC/C=C1/C(=O)CC(C)C1O[Si](C)(C)C(C)(C)C.